The van der Waals surface area contributed by atoms with Gasteiger partial charge < -0.3 is 15.4 Å². The van der Waals surface area contributed by atoms with Crippen molar-refractivity contribution in [3.8, 4) is 0 Å². The molecule has 3 heterocycles. The normalized spacial score (nSPS) is 23.8. The molecule has 0 unspecified atom stereocenters. The van der Waals surface area contributed by atoms with Gasteiger partial charge in [0.15, 0.2) is 0 Å². The number of nitrogens with one attached hydrogen (secondary N) is 2. The zero-order valence-electron chi connectivity index (χ0n) is 15.9. The molecule has 8 heteroatoms. The second-order valence-electron chi connectivity index (χ2n) is 7.51. The molecule has 2 saturated heterocycles. The number of carbonyl (C=O) groups excluding carboxylic acids is 1. The zero-order chi connectivity index (χ0) is 18.9. The molecule has 2 aliphatic rings. The Morgan fingerprint density at radius 3 is 2.82 bits per heavy atom. The Morgan fingerprint density at radius 2 is 2.14 bits per heavy atom. The lowest BCUT2D eigenvalue weighted by atomic mass is 9.81. The third-order valence-corrected chi connectivity index (χ3v) is 5.79. The van der Waals surface area contributed by atoms with Gasteiger partial charge in [0.25, 0.3) is 0 Å². The van der Waals surface area contributed by atoms with E-state index in [1.807, 2.05) is 25.5 Å². The molecule has 1 aromatic heterocycles. The quantitative estimate of drug-likeness (QED) is 0.813. The summed E-state index contributed by atoms with van der Waals surface area (Å²) in [5, 5.41) is 10.8. The predicted molar refractivity (Wildman–Crippen MR) is 106 cm³/mol. The van der Waals surface area contributed by atoms with Gasteiger partial charge in [0, 0.05) is 45.5 Å². The maximum Gasteiger partial charge on any atom is 0.225 e. The summed E-state index contributed by atoms with van der Waals surface area (Å²) in [6, 6.07) is 6.54. The Labute approximate surface area is 170 Å². The number of aromatic nitrogens is 2. The fourth-order valence-electron chi connectivity index (χ4n) is 4.26. The van der Waals surface area contributed by atoms with Gasteiger partial charge in [0.2, 0.25) is 5.91 Å². The van der Waals surface area contributed by atoms with Crippen molar-refractivity contribution in [1.29, 1.82) is 0 Å². The van der Waals surface area contributed by atoms with E-state index in [1.54, 1.807) is 10.7 Å². The fraction of sp³-hybridized carbons (Fsp3) is 0.500. The lowest BCUT2D eigenvalue weighted by Gasteiger charge is -2.39. The summed E-state index contributed by atoms with van der Waals surface area (Å²) < 4.78 is 21.1. The van der Waals surface area contributed by atoms with E-state index < -0.39 is 5.54 Å². The SMILES string of the molecule is Cl.Cn1cc([C@H]2CNC[C@@H]2C(=O)NC2(c3cccc(F)c3)CCOCC2)cn1. The lowest BCUT2D eigenvalue weighted by molar-refractivity contribution is -0.128. The highest BCUT2D eigenvalue weighted by atomic mass is 35.5. The summed E-state index contributed by atoms with van der Waals surface area (Å²) in [6.45, 7) is 2.47. The number of carbonyl (C=O) groups is 1. The Hall–Kier alpha value is -1.96. The highest BCUT2D eigenvalue weighted by Crippen LogP contribution is 2.35. The second-order valence-corrected chi connectivity index (χ2v) is 7.51. The van der Waals surface area contributed by atoms with Crippen LogP contribution in [0.3, 0.4) is 0 Å². The molecule has 2 fully saturated rings. The molecule has 28 heavy (non-hydrogen) atoms. The van der Waals surface area contributed by atoms with Crippen LogP contribution >= 0.6 is 12.4 Å². The highest BCUT2D eigenvalue weighted by molar-refractivity contribution is 5.85. The number of aryl methyl sites for hydroxylation is 1. The van der Waals surface area contributed by atoms with Gasteiger partial charge in [-0.15, -0.1) is 12.4 Å². The Balaban J connectivity index is 0.00000225. The van der Waals surface area contributed by atoms with Crippen molar-refractivity contribution in [3.63, 3.8) is 0 Å². The molecule has 2 aromatic rings. The first-order valence-electron chi connectivity index (χ1n) is 9.42. The summed E-state index contributed by atoms with van der Waals surface area (Å²) in [5.74, 6) is -0.381. The number of amides is 1. The highest BCUT2D eigenvalue weighted by Gasteiger charge is 2.41. The van der Waals surface area contributed by atoms with Crippen LogP contribution in [0, 0.1) is 11.7 Å². The maximum atomic E-state index is 13.9. The van der Waals surface area contributed by atoms with Crippen LogP contribution in [0.1, 0.15) is 29.9 Å². The van der Waals surface area contributed by atoms with Crippen molar-refractivity contribution >= 4 is 18.3 Å². The van der Waals surface area contributed by atoms with Crippen LogP contribution in [0.25, 0.3) is 0 Å². The van der Waals surface area contributed by atoms with Crippen LogP contribution in [0.15, 0.2) is 36.7 Å². The summed E-state index contributed by atoms with van der Waals surface area (Å²) in [6.07, 6.45) is 5.07. The van der Waals surface area contributed by atoms with Gasteiger partial charge in [-0.05, 0) is 36.1 Å². The Bertz CT molecular complexity index is 822. The first-order valence-corrected chi connectivity index (χ1v) is 9.42. The van der Waals surface area contributed by atoms with Crippen LogP contribution < -0.4 is 10.6 Å². The van der Waals surface area contributed by atoms with Gasteiger partial charge in [0.1, 0.15) is 5.82 Å². The standard InChI is InChI=1S/C20H25FN4O2.ClH/c1-25-13-14(10-23-25)17-11-22-12-18(17)19(26)24-20(5-7-27-8-6-20)15-3-2-4-16(21)9-15;/h2-4,9-10,13,17-18,22H,5-8,11-12H2,1H3,(H,24,26);1H/t17-,18+;/m1./s1. The Kier molecular flexibility index (Phi) is 6.37. The molecule has 1 amide bonds. The van der Waals surface area contributed by atoms with E-state index in [4.69, 9.17) is 4.74 Å². The summed E-state index contributed by atoms with van der Waals surface area (Å²) in [5.41, 5.74) is 1.29. The molecular weight excluding hydrogens is 383 g/mol. The van der Waals surface area contributed by atoms with Gasteiger partial charge in [-0.2, -0.15) is 5.10 Å². The van der Waals surface area contributed by atoms with Crippen molar-refractivity contribution in [2.45, 2.75) is 24.3 Å². The van der Waals surface area contributed by atoms with Crippen LogP contribution in [-0.2, 0) is 22.1 Å². The number of halogens is 2. The third kappa shape index (κ3) is 4.06. The molecule has 0 bridgehead atoms. The molecule has 1 aromatic carbocycles. The minimum Gasteiger partial charge on any atom is -0.381 e. The molecule has 0 spiro atoms. The van der Waals surface area contributed by atoms with Crippen molar-refractivity contribution in [3.05, 3.63) is 53.6 Å². The lowest BCUT2D eigenvalue weighted by Crippen LogP contribution is -2.52. The second kappa shape index (κ2) is 8.59. The predicted octanol–water partition coefficient (Wildman–Crippen LogP) is 2.11. The van der Waals surface area contributed by atoms with Crippen molar-refractivity contribution < 1.29 is 13.9 Å². The van der Waals surface area contributed by atoms with Gasteiger partial charge in [0.05, 0.1) is 17.7 Å². The molecule has 6 nitrogen and oxygen atoms in total. The number of benzene rings is 1. The number of ether oxygens (including phenoxy) is 1. The topological polar surface area (TPSA) is 68.2 Å². The first kappa shape index (κ1) is 20.8. The first-order chi connectivity index (χ1) is 13.1. The zero-order valence-corrected chi connectivity index (χ0v) is 16.7. The van der Waals surface area contributed by atoms with Crippen molar-refractivity contribution in [2.24, 2.45) is 13.0 Å². The monoisotopic (exact) mass is 408 g/mol. The minimum atomic E-state index is -0.584. The van der Waals surface area contributed by atoms with E-state index in [2.05, 4.69) is 15.7 Å². The molecule has 0 aliphatic carbocycles. The molecule has 152 valence electrons. The number of nitrogens with zero attached hydrogens (tertiary/aromatic N) is 2. The van der Waals surface area contributed by atoms with Crippen LogP contribution in [0.2, 0.25) is 0 Å². The average Bonchev–Trinajstić information content (AvgIpc) is 3.31. The number of hydrogen-bond acceptors (Lipinski definition) is 4. The summed E-state index contributed by atoms with van der Waals surface area (Å²) in [4.78, 5) is 13.3. The van der Waals surface area contributed by atoms with E-state index >= 15 is 0 Å². The van der Waals surface area contributed by atoms with E-state index in [0.717, 1.165) is 17.7 Å². The number of hydrogen-bond donors (Lipinski definition) is 2. The minimum absolute atomic E-state index is 0. The third-order valence-electron chi connectivity index (χ3n) is 5.79. The molecule has 0 saturated carbocycles. The molecule has 2 N–H and O–H groups in total. The van der Waals surface area contributed by atoms with Gasteiger partial charge in [-0.1, -0.05) is 12.1 Å². The smallest absolute Gasteiger partial charge is 0.225 e. The fourth-order valence-corrected chi connectivity index (χ4v) is 4.26. The van der Waals surface area contributed by atoms with Crippen molar-refractivity contribution in [2.75, 3.05) is 26.3 Å². The van der Waals surface area contributed by atoms with Crippen LogP contribution in [0.5, 0.6) is 0 Å². The summed E-state index contributed by atoms with van der Waals surface area (Å²) in [7, 11) is 1.88. The summed E-state index contributed by atoms with van der Waals surface area (Å²) >= 11 is 0. The molecule has 4 rings (SSSR count). The largest absolute Gasteiger partial charge is 0.381 e. The molecular formula is C20H26ClFN4O2. The van der Waals surface area contributed by atoms with Crippen molar-refractivity contribution in [1.82, 2.24) is 20.4 Å². The van der Waals surface area contributed by atoms with E-state index in [0.29, 0.717) is 32.6 Å². The van der Waals surface area contributed by atoms with Gasteiger partial charge in [-0.3, -0.25) is 9.48 Å². The average molecular weight is 409 g/mol. The van der Waals surface area contributed by atoms with E-state index in [9.17, 15) is 9.18 Å². The molecule has 2 atom stereocenters. The number of rotatable bonds is 4. The molecule has 2 aliphatic heterocycles. The van der Waals surface area contributed by atoms with Gasteiger partial charge in [-0.25, -0.2) is 4.39 Å². The Morgan fingerprint density at radius 1 is 1.36 bits per heavy atom. The maximum absolute atomic E-state index is 13.9. The molecule has 0 radical (unpaired) electrons. The van der Waals surface area contributed by atoms with E-state index in [-0.39, 0.29) is 36.0 Å². The van der Waals surface area contributed by atoms with Crippen LogP contribution in [-0.4, -0.2) is 42.0 Å². The van der Waals surface area contributed by atoms with E-state index in [1.165, 1.54) is 12.1 Å². The van der Waals surface area contributed by atoms with Crippen LogP contribution in [0.4, 0.5) is 4.39 Å². The van der Waals surface area contributed by atoms with Gasteiger partial charge >= 0.3 is 0 Å².